The molecule has 3 nitrogen and oxygen atoms in total. The van der Waals surface area contributed by atoms with E-state index in [2.05, 4.69) is 13.2 Å². The van der Waals surface area contributed by atoms with Crippen LogP contribution in [0.3, 0.4) is 0 Å². The Balaban J connectivity index is -0.000000720. The summed E-state index contributed by atoms with van der Waals surface area (Å²) in [5.41, 5.74) is -0.171. The van der Waals surface area contributed by atoms with E-state index in [-0.39, 0.29) is 42.5 Å². The van der Waals surface area contributed by atoms with Gasteiger partial charge in [0.1, 0.15) is 0 Å². The fraction of sp³-hybridized carbons (Fsp3) is 0.400. The molecule has 0 aliphatic carbocycles. The maximum Gasteiger partial charge on any atom is 1.00 e. The van der Waals surface area contributed by atoms with Gasteiger partial charge < -0.3 is 6.16 Å². The molecule has 0 heterocycles. The second-order valence-electron chi connectivity index (χ2n) is 3.04. The topological polar surface area (TPSA) is 43.4 Å². The molecule has 0 fully saturated rings. The third-order valence-corrected chi connectivity index (χ3v) is 1.28. The standard InChI is InChI=1S/C10H14O3.Na.H/c1-5-9(11)8(4)10(12)13-6-7(2)3;;/h5,7H,1,4,6H2,2-3H3;;/q;+1;-1. The Bertz CT molecular complexity index is 249. The number of rotatable bonds is 5. The molecule has 0 N–H and O–H groups in total. The zero-order valence-electron chi connectivity index (χ0n) is 10.0. The predicted octanol–water partition coefficient (Wildman–Crippen LogP) is -1.39. The van der Waals surface area contributed by atoms with Gasteiger partial charge in [-0.25, -0.2) is 4.79 Å². The first-order valence-corrected chi connectivity index (χ1v) is 4.01. The number of ketones is 1. The van der Waals surface area contributed by atoms with Gasteiger partial charge in [-0.2, -0.15) is 0 Å². The van der Waals surface area contributed by atoms with Crippen LogP contribution in [0, 0.1) is 5.92 Å². The molecule has 0 aromatic carbocycles. The largest absolute Gasteiger partial charge is 1.00 e. The number of hydrogen-bond donors (Lipinski definition) is 0. The number of carbonyl (C=O) groups is 2. The molecule has 0 saturated carbocycles. The molecule has 0 amide bonds. The minimum atomic E-state index is -0.668. The second-order valence-corrected chi connectivity index (χ2v) is 3.04. The van der Waals surface area contributed by atoms with Crippen molar-refractivity contribution in [2.45, 2.75) is 13.8 Å². The Morgan fingerprint density at radius 1 is 1.50 bits per heavy atom. The third kappa shape index (κ3) is 6.13. The summed E-state index contributed by atoms with van der Waals surface area (Å²) in [5.74, 6) is -0.914. The van der Waals surface area contributed by atoms with E-state index in [0.717, 1.165) is 6.08 Å². The molecule has 74 valence electrons. The van der Waals surface area contributed by atoms with Crippen LogP contribution in [0.15, 0.2) is 24.8 Å². The van der Waals surface area contributed by atoms with Crippen molar-refractivity contribution in [3.8, 4) is 0 Å². The normalized spacial score (nSPS) is 8.79. The number of ether oxygens (including phenoxy) is 1. The Labute approximate surface area is 108 Å². The van der Waals surface area contributed by atoms with Crippen molar-refractivity contribution < 1.29 is 45.3 Å². The Kier molecular flexibility index (Phi) is 9.15. The van der Waals surface area contributed by atoms with E-state index in [1.54, 1.807) is 0 Å². The van der Waals surface area contributed by atoms with Crippen LogP contribution in [-0.4, -0.2) is 18.4 Å². The van der Waals surface area contributed by atoms with E-state index in [1.807, 2.05) is 13.8 Å². The van der Waals surface area contributed by atoms with E-state index in [0.29, 0.717) is 6.61 Å². The summed E-state index contributed by atoms with van der Waals surface area (Å²) in [6.07, 6.45) is 1.04. The minimum absolute atomic E-state index is 0. The maximum atomic E-state index is 11.1. The summed E-state index contributed by atoms with van der Waals surface area (Å²) in [7, 11) is 0. The van der Waals surface area contributed by atoms with Gasteiger partial charge in [0.2, 0.25) is 0 Å². The average molecular weight is 206 g/mol. The van der Waals surface area contributed by atoms with Crippen LogP contribution >= 0.6 is 0 Å². The van der Waals surface area contributed by atoms with Crippen molar-refractivity contribution in [2.75, 3.05) is 6.61 Å². The van der Waals surface area contributed by atoms with Gasteiger partial charge in [-0.1, -0.05) is 27.0 Å². The second kappa shape index (κ2) is 7.97. The van der Waals surface area contributed by atoms with Crippen molar-refractivity contribution in [1.82, 2.24) is 0 Å². The molecular formula is C10H15NaO3. The molecule has 0 aromatic heterocycles. The fourth-order valence-electron chi connectivity index (χ4n) is 0.553. The Hall–Kier alpha value is -0.380. The molecule has 0 aliphatic heterocycles. The van der Waals surface area contributed by atoms with Gasteiger partial charge in [-0.05, 0) is 12.0 Å². The molecule has 14 heavy (non-hydrogen) atoms. The third-order valence-electron chi connectivity index (χ3n) is 1.28. The summed E-state index contributed by atoms with van der Waals surface area (Å²) < 4.78 is 4.78. The molecule has 0 saturated heterocycles. The SMILES string of the molecule is C=CC(=O)C(=C)C(=O)OCC(C)C.[H-].[Na+]. The van der Waals surface area contributed by atoms with Crippen LogP contribution in [0.1, 0.15) is 15.3 Å². The molecule has 0 aromatic rings. The first-order valence-electron chi connectivity index (χ1n) is 4.01. The summed E-state index contributed by atoms with van der Waals surface area (Å²) in [4.78, 5) is 21.9. The van der Waals surface area contributed by atoms with E-state index >= 15 is 0 Å². The maximum absolute atomic E-state index is 11.1. The van der Waals surface area contributed by atoms with Gasteiger partial charge in [0.15, 0.2) is 5.78 Å². The first-order chi connectivity index (χ1) is 5.99. The summed E-state index contributed by atoms with van der Waals surface area (Å²) in [5, 5.41) is 0. The van der Waals surface area contributed by atoms with Gasteiger partial charge in [0.05, 0.1) is 12.2 Å². The van der Waals surface area contributed by atoms with Crippen LogP contribution in [0.5, 0.6) is 0 Å². The van der Waals surface area contributed by atoms with E-state index in [1.165, 1.54) is 0 Å². The molecule has 0 bridgehead atoms. The Morgan fingerprint density at radius 2 is 2.00 bits per heavy atom. The van der Waals surface area contributed by atoms with Crippen LogP contribution < -0.4 is 29.6 Å². The molecule has 0 atom stereocenters. The molecular weight excluding hydrogens is 191 g/mol. The van der Waals surface area contributed by atoms with Gasteiger partial charge in [0.25, 0.3) is 0 Å². The summed E-state index contributed by atoms with van der Waals surface area (Å²) in [6, 6.07) is 0. The average Bonchev–Trinajstić information content (AvgIpc) is 2.11. The summed E-state index contributed by atoms with van der Waals surface area (Å²) in [6.45, 7) is 10.7. The smallest absolute Gasteiger partial charge is 1.00 e. The molecule has 0 unspecified atom stereocenters. The molecule has 4 heteroatoms. The summed E-state index contributed by atoms with van der Waals surface area (Å²) >= 11 is 0. The fourth-order valence-corrected chi connectivity index (χ4v) is 0.553. The van der Waals surface area contributed by atoms with Crippen LogP contribution in [-0.2, 0) is 14.3 Å². The zero-order chi connectivity index (χ0) is 10.4. The van der Waals surface area contributed by atoms with Gasteiger partial charge in [-0.3, -0.25) is 4.79 Å². The molecule has 0 radical (unpaired) electrons. The van der Waals surface area contributed by atoms with Gasteiger partial charge >= 0.3 is 35.5 Å². The van der Waals surface area contributed by atoms with Crippen LogP contribution in [0.4, 0.5) is 0 Å². The van der Waals surface area contributed by atoms with Crippen molar-refractivity contribution in [1.29, 1.82) is 0 Å². The zero-order valence-corrected chi connectivity index (χ0v) is 11.0. The first kappa shape index (κ1) is 16.1. The van der Waals surface area contributed by atoms with Crippen LogP contribution in [0.25, 0.3) is 0 Å². The number of hydrogen-bond acceptors (Lipinski definition) is 3. The number of allylic oxidation sites excluding steroid dienone is 1. The van der Waals surface area contributed by atoms with E-state index in [4.69, 9.17) is 4.74 Å². The molecule has 0 rings (SSSR count). The van der Waals surface area contributed by atoms with Gasteiger partial charge in [-0.15, -0.1) is 0 Å². The van der Waals surface area contributed by atoms with Gasteiger partial charge in [0, 0.05) is 0 Å². The minimum Gasteiger partial charge on any atom is -1.00 e. The van der Waals surface area contributed by atoms with E-state index < -0.39 is 11.8 Å². The van der Waals surface area contributed by atoms with Crippen molar-refractivity contribution in [3.63, 3.8) is 0 Å². The van der Waals surface area contributed by atoms with Crippen molar-refractivity contribution in [3.05, 3.63) is 24.8 Å². The number of carbonyl (C=O) groups excluding carboxylic acids is 2. The van der Waals surface area contributed by atoms with Crippen molar-refractivity contribution >= 4 is 11.8 Å². The van der Waals surface area contributed by atoms with E-state index in [9.17, 15) is 9.59 Å². The Morgan fingerprint density at radius 3 is 2.36 bits per heavy atom. The number of esters is 1. The molecule has 0 aliphatic rings. The molecule has 0 spiro atoms. The van der Waals surface area contributed by atoms with Crippen molar-refractivity contribution in [2.24, 2.45) is 5.92 Å². The quantitative estimate of drug-likeness (QED) is 0.183. The van der Waals surface area contributed by atoms with Crippen LogP contribution in [0.2, 0.25) is 0 Å². The monoisotopic (exact) mass is 206 g/mol. The predicted molar refractivity (Wildman–Crippen MR) is 51.3 cm³/mol.